The van der Waals surface area contributed by atoms with Crippen molar-refractivity contribution in [3.05, 3.63) is 234 Å². The maximum Gasteiger partial charge on any atom is 4.00 e. The third-order valence-electron chi connectivity index (χ3n) is 10.5. The standard InChI is InChI=1S/C48H32N4O8.Sn/c53-45(54)29-9-1-25(2-10-29)41-33-17-19-35(49-33)42(26-3-11-30(12-4-26)46(55)56)37-21-23-39(51-37)44(28-7-15-32(16-8-28)48(59)60)40-24-22-38(52-40)43(36-20-18-34(41)50-36)27-5-13-31(14-6-27)47(57)58;/h1-24,49-52H,(H,53,54)(H,55,56)(H,57,58)(H,59,60);/q;+4/p-4. The predicted octanol–water partition coefficient (Wildman–Crippen LogP) is -0.625. The van der Waals surface area contributed by atoms with Gasteiger partial charge in [-0.05, 0) is 93.0 Å². The minimum absolute atomic E-state index is 0. The third kappa shape index (κ3) is 7.51. The number of rotatable bonds is 8. The third-order valence-corrected chi connectivity index (χ3v) is 10.5. The molecule has 1 aliphatic rings. The number of hydrogen-bond donors (Lipinski definition) is 4. The van der Waals surface area contributed by atoms with Crippen molar-refractivity contribution in [2.45, 2.75) is 0 Å². The summed E-state index contributed by atoms with van der Waals surface area (Å²) in [6.45, 7) is 0. The van der Waals surface area contributed by atoms with Gasteiger partial charge in [-0.3, -0.25) is 0 Å². The summed E-state index contributed by atoms with van der Waals surface area (Å²) in [5.74, 6) is -5.25. The molecule has 0 radical (unpaired) electrons. The van der Waals surface area contributed by atoms with Crippen LogP contribution in [-0.2, 0) is 0 Å². The van der Waals surface area contributed by atoms with Crippen molar-refractivity contribution in [1.29, 1.82) is 0 Å². The topological polar surface area (TPSA) is 224 Å². The van der Waals surface area contributed by atoms with Gasteiger partial charge < -0.3 is 59.5 Å². The molecule has 61 heavy (non-hydrogen) atoms. The van der Waals surface area contributed by atoms with Crippen LogP contribution in [0, 0.1) is 0 Å². The van der Waals surface area contributed by atoms with Crippen molar-refractivity contribution in [2.75, 3.05) is 0 Å². The second-order valence-corrected chi connectivity index (χ2v) is 14.1. The number of carbonyl (C=O) groups excluding carboxylic acids is 4. The first-order valence-electron chi connectivity index (χ1n) is 18.6. The fraction of sp³-hybridized carbons (Fsp3) is 0. The Morgan fingerprint density at radius 1 is 0.279 bits per heavy atom. The molecule has 4 aromatic heterocycles. The number of carboxylic acid groups (broad SMARTS) is 4. The summed E-state index contributed by atoms with van der Waals surface area (Å²) in [4.78, 5) is 61.2. The largest absolute Gasteiger partial charge is 4.00 e. The molecule has 12 nitrogen and oxygen atoms in total. The molecule has 0 atom stereocenters. The Labute approximate surface area is 362 Å². The van der Waals surface area contributed by atoms with Gasteiger partial charge in [0.1, 0.15) is 0 Å². The minimum Gasteiger partial charge on any atom is -0.545 e. The van der Waals surface area contributed by atoms with Crippen molar-refractivity contribution in [2.24, 2.45) is 0 Å². The van der Waals surface area contributed by atoms with Gasteiger partial charge in [0.2, 0.25) is 0 Å². The second kappa shape index (κ2) is 16.1. The van der Waals surface area contributed by atoms with Gasteiger partial charge in [0.15, 0.2) is 0 Å². The molecule has 0 fully saturated rings. The average Bonchev–Trinajstić information content (AvgIpc) is 4.10. The van der Waals surface area contributed by atoms with Gasteiger partial charge >= 0.3 is 23.9 Å². The van der Waals surface area contributed by atoms with Crippen LogP contribution in [0.5, 0.6) is 0 Å². The van der Waals surface area contributed by atoms with Crippen LogP contribution in [0.2, 0.25) is 0 Å². The zero-order chi connectivity index (χ0) is 41.7. The molecule has 8 aromatic rings. The fourth-order valence-electron chi connectivity index (χ4n) is 7.66. The SMILES string of the molecule is O=C([O-])c1ccc(C2=c3ccc([nH]3)=C(c3ccc(C(=O)[O-])cc3)c3ccc([nH]3)C(c3ccc(C(=O)[O-])cc3)=c3ccc([nH]3)=C(c3ccc(C(=O)[O-])cc3)c3ccc2[nH]3)cc1.[Sn+4]. The van der Waals surface area contributed by atoms with Crippen LogP contribution in [0.3, 0.4) is 0 Å². The smallest absolute Gasteiger partial charge is 0.545 e. The molecular weight excluding hydrogens is 879 g/mol. The zero-order valence-electron chi connectivity index (χ0n) is 31.6. The molecule has 5 heterocycles. The maximum atomic E-state index is 11.7. The molecule has 8 bridgehead atoms. The number of nitrogens with one attached hydrogen (secondary N) is 4. The van der Waals surface area contributed by atoms with Gasteiger partial charge in [-0.25, -0.2) is 0 Å². The van der Waals surface area contributed by atoms with Gasteiger partial charge in [-0.2, -0.15) is 0 Å². The van der Waals surface area contributed by atoms with Crippen molar-refractivity contribution >= 4 is 70.1 Å². The Morgan fingerprint density at radius 3 is 0.656 bits per heavy atom. The van der Waals surface area contributed by atoms with Crippen LogP contribution in [-0.4, -0.2) is 67.7 Å². The maximum absolute atomic E-state index is 11.7. The van der Waals surface area contributed by atoms with E-state index in [-0.39, 0.29) is 46.2 Å². The first-order valence-corrected chi connectivity index (χ1v) is 18.6. The average molecular weight is 907 g/mol. The number of aromatic carboxylic acids is 4. The molecule has 292 valence electrons. The number of H-pyrrole nitrogens is 4. The van der Waals surface area contributed by atoms with Crippen LogP contribution < -0.4 is 41.8 Å². The summed E-state index contributed by atoms with van der Waals surface area (Å²) in [5.41, 5.74) is 8.14. The molecule has 0 saturated heterocycles. The number of carboxylic acids is 4. The van der Waals surface area contributed by atoms with E-state index in [1.54, 1.807) is 48.5 Å². The molecule has 9 rings (SSSR count). The number of aromatic nitrogens is 4. The Balaban J connectivity index is 0.00000514. The summed E-state index contributed by atoms with van der Waals surface area (Å²) in [6.07, 6.45) is 0. The minimum atomic E-state index is -1.31. The summed E-state index contributed by atoms with van der Waals surface area (Å²) in [5, 5.41) is 49.5. The van der Waals surface area contributed by atoms with Gasteiger partial charge in [0.05, 0.1) is 23.9 Å². The summed E-state index contributed by atoms with van der Waals surface area (Å²) < 4.78 is 0. The summed E-state index contributed by atoms with van der Waals surface area (Å²) in [7, 11) is 0. The molecule has 0 unspecified atom stereocenters. The van der Waals surface area contributed by atoms with Crippen molar-refractivity contribution < 1.29 is 39.6 Å². The predicted molar refractivity (Wildman–Crippen MR) is 217 cm³/mol. The molecule has 0 aliphatic carbocycles. The molecular formula is C48H28N4O8Sn. The Hall–Kier alpha value is -7.84. The molecule has 0 spiro atoms. The Kier molecular flexibility index (Phi) is 10.5. The number of benzene rings is 4. The van der Waals surface area contributed by atoms with E-state index in [2.05, 4.69) is 19.9 Å². The van der Waals surface area contributed by atoms with E-state index in [4.69, 9.17) is 0 Å². The quantitative estimate of drug-likeness (QED) is 0.144. The first kappa shape index (κ1) is 40.0. The number of aromatic amines is 4. The van der Waals surface area contributed by atoms with Crippen LogP contribution in [0.4, 0.5) is 0 Å². The molecule has 13 heteroatoms. The molecule has 0 amide bonds. The van der Waals surface area contributed by atoms with Crippen molar-refractivity contribution in [3.8, 4) is 0 Å². The summed E-state index contributed by atoms with van der Waals surface area (Å²) in [6, 6.07) is 40.5. The molecule has 1 aliphatic heterocycles. The number of carbonyl (C=O) groups is 4. The number of hydrogen-bond acceptors (Lipinski definition) is 8. The summed E-state index contributed by atoms with van der Waals surface area (Å²) >= 11 is 0. The van der Waals surface area contributed by atoms with Crippen LogP contribution in [0.25, 0.3) is 22.3 Å². The van der Waals surface area contributed by atoms with Crippen molar-refractivity contribution in [3.63, 3.8) is 0 Å². The normalized spacial score (nSPS) is 12.2. The second-order valence-electron chi connectivity index (χ2n) is 14.1. The van der Waals surface area contributed by atoms with Gasteiger partial charge in [0, 0.05) is 66.5 Å². The Morgan fingerprint density at radius 2 is 0.475 bits per heavy atom. The zero-order valence-corrected chi connectivity index (χ0v) is 34.5. The molecule has 4 aromatic carbocycles. The van der Waals surface area contributed by atoms with Crippen LogP contribution >= 0.6 is 0 Å². The fourth-order valence-corrected chi connectivity index (χ4v) is 7.66. The van der Waals surface area contributed by atoms with Gasteiger partial charge in [0.25, 0.3) is 0 Å². The number of fused-ring (bicyclic) bond motifs is 8. The Bertz CT molecular complexity index is 2860. The van der Waals surface area contributed by atoms with E-state index in [0.717, 1.165) is 0 Å². The van der Waals surface area contributed by atoms with Gasteiger partial charge in [-0.1, -0.05) is 97.1 Å². The van der Waals surface area contributed by atoms with E-state index in [9.17, 15) is 39.6 Å². The molecule has 4 N–H and O–H groups in total. The van der Waals surface area contributed by atoms with Crippen LogP contribution in [0.1, 0.15) is 86.5 Å². The molecule has 0 saturated carbocycles. The van der Waals surface area contributed by atoms with Crippen LogP contribution in [0.15, 0.2) is 146 Å². The van der Waals surface area contributed by atoms with E-state index >= 15 is 0 Å². The van der Waals surface area contributed by atoms with E-state index in [1.165, 1.54) is 48.5 Å². The van der Waals surface area contributed by atoms with Gasteiger partial charge in [-0.15, -0.1) is 0 Å². The van der Waals surface area contributed by atoms with E-state index in [1.807, 2.05) is 48.5 Å². The monoisotopic (exact) mass is 908 g/mol. The first-order chi connectivity index (χ1) is 29.0. The van der Waals surface area contributed by atoms with Crippen molar-refractivity contribution in [1.82, 2.24) is 19.9 Å². The van der Waals surface area contributed by atoms with E-state index in [0.29, 0.717) is 88.7 Å². The van der Waals surface area contributed by atoms with E-state index < -0.39 is 23.9 Å².